The standard InChI is InChI=1S/C26H25N7O/c1-6-7-20-12-22(23(14-28-20)34-16-26(4,5)15-27)19-8-9-33-21(11-19)13-25(32-33)31-24-10-17(2)29-18(3)30-24/h8-14H,16H2,1-5H3,(H,29,30,31,32). The van der Waals surface area contributed by atoms with Gasteiger partial charge in [-0.25, -0.2) is 19.5 Å². The first-order valence-electron chi connectivity index (χ1n) is 10.8. The molecule has 4 rings (SSSR count). The number of fused-ring (bicyclic) bond motifs is 1. The van der Waals surface area contributed by atoms with E-state index in [4.69, 9.17) is 4.74 Å². The Bertz CT molecular complexity index is 1450. The summed E-state index contributed by atoms with van der Waals surface area (Å²) in [5, 5.41) is 17.2. The van der Waals surface area contributed by atoms with Gasteiger partial charge in [0, 0.05) is 29.6 Å². The topological polar surface area (TPSA) is 101 Å². The minimum absolute atomic E-state index is 0.248. The van der Waals surface area contributed by atoms with Crippen LogP contribution >= 0.6 is 0 Å². The summed E-state index contributed by atoms with van der Waals surface area (Å²) in [7, 11) is 0. The number of hydrogen-bond donors (Lipinski definition) is 1. The fraction of sp³-hybridized carbons (Fsp3) is 0.269. The molecule has 8 nitrogen and oxygen atoms in total. The Morgan fingerprint density at radius 2 is 1.94 bits per heavy atom. The van der Waals surface area contributed by atoms with Crippen molar-refractivity contribution in [3.63, 3.8) is 0 Å². The summed E-state index contributed by atoms with van der Waals surface area (Å²) in [5.74, 6) is 8.55. The van der Waals surface area contributed by atoms with Gasteiger partial charge in [0.25, 0.3) is 0 Å². The van der Waals surface area contributed by atoms with Crippen LogP contribution in [0.15, 0.2) is 42.7 Å². The van der Waals surface area contributed by atoms with Gasteiger partial charge in [0.2, 0.25) is 0 Å². The molecular formula is C26H25N7O. The van der Waals surface area contributed by atoms with Crippen LogP contribution in [0, 0.1) is 42.4 Å². The van der Waals surface area contributed by atoms with Gasteiger partial charge in [0.05, 0.1) is 23.2 Å². The number of nitriles is 1. The van der Waals surface area contributed by atoms with Crippen molar-refractivity contribution in [3.8, 4) is 34.8 Å². The third-order valence-corrected chi connectivity index (χ3v) is 5.01. The van der Waals surface area contributed by atoms with E-state index in [9.17, 15) is 5.26 Å². The maximum absolute atomic E-state index is 9.34. The number of ether oxygens (including phenoxy) is 1. The highest BCUT2D eigenvalue weighted by molar-refractivity contribution is 5.75. The van der Waals surface area contributed by atoms with E-state index in [0.29, 0.717) is 28.9 Å². The highest BCUT2D eigenvalue weighted by Crippen LogP contribution is 2.32. The maximum atomic E-state index is 9.34. The van der Waals surface area contributed by atoms with E-state index in [1.807, 2.05) is 64.2 Å². The molecule has 0 aliphatic heterocycles. The summed E-state index contributed by atoms with van der Waals surface area (Å²) in [5.41, 5.74) is 3.59. The summed E-state index contributed by atoms with van der Waals surface area (Å²) in [6.07, 6.45) is 3.55. The van der Waals surface area contributed by atoms with E-state index in [1.54, 1.807) is 17.6 Å². The lowest BCUT2D eigenvalue weighted by Crippen LogP contribution is -2.19. The predicted molar refractivity (Wildman–Crippen MR) is 131 cm³/mol. The molecular weight excluding hydrogens is 426 g/mol. The van der Waals surface area contributed by atoms with E-state index >= 15 is 0 Å². The molecule has 8 heteroatoms. The summed E-state index contributed by atoms with van der Waals surface area (Å²) >= 11 is 0. The second kappa shape index (κ2) is 9.21. The molecule has 0 amide bonds. The molecule has 0 unspecified atom stereocenters. The van der Waals surface area contributed by atoms with Crippen LogP contribution in [0.5, 0.6) is 5.75 Å². The smallest absolute Gasteiger partial charge is 0.154 e. The predicted octanol–water partition coefficient (Wildman–Crippen LogP) is 4.85. The lowest BCUT2D eigenvalue weighted by Gasteiger charge is -2.18. The Morgan fingerprint density at radius 3 is 2.68 bits per heavy atom. The van der Waals surface area contributed by atoms with E-state index in [-0.39, 0.29) is 6.61 Å². The number of aromatic nitrogens is 5. The zero-order valence-corrected chi connectivity index (χ0v) is 19.8. The van der Waals surface area contributed by atoms with Crippen LogP contribution in [-0.2, 0) is 0 Å². The van der Waals surface area contributed by atoms with Gasteiger partial charge in [-0.15, -0.1) is 0 Å². The Labute approximate surface area is 198 Å². The zero-order chi connectivity index (χ0) is 24.3. The molecule has 0 spiro atoms. The molecule has 4 aromatic rings. The van der Waals surface area contributed by atoms with Gasteiger partial charge >= 0.3 is 0 Å². The van der Waals surface area contributed by atoms with Crippen molar-refractivity contribution in [1.29, 1.82) is 5.26 Å². The van der Waals surface area contributed by atoms with Gasteiger partial charge in [-0.2, -0.15) is 10.4 Å². The summed E-state index contributed by atoms with van der Waals surface area (Å²) in [6.45, 7) is 9.48. The lowest BCUT2D eigenvalue weighted by atomic mass is 9.97. The SMILES string of the molecule is CC#Cc1cc(-c2ccn3nc(Nc4cc(C)nc(C)n4)cc3c2)c(OCC(C)(C)C#N)cn1. The van der Waals surface area contributed by atoms with Crippen molar-refractivity contribution in [2.75, 3.05) is 11.9 Å². The van der Waals surface area contributed by atoms with Crippen LogP contribution < -0.4 is 10.1 Å². The summed E-state index contributed by atoms with van der Waals surface area (Å²) in [6, 6.07) is 12.0. The van der Waals surface area contributed by atoms with Crippen molar-refractivity contribution < 1.29 is 4.74 Å². The number of nitrogens with one attached hydrogen (secondary N) is 1. The van der Waals surface area contributed by atoms with Crippen molar-refractivity contribution in [1.82, 2.24) is 24.6 Å². The van der Waals surface area contributed by atoms with Crippen molar-refractivity contribution in [2.45, 2.75) is 34.6 Å². The van der Waals surface area contributed by atoms with Gasteiger partial charge in [-0.3, -0.25) is 0 Å². The third-order valence-electron chi connectivity index (χ3n) is 5.01. The van der Waals surface area contributed by atoms with Crippen LogP contribution in [0.1, 0.15) is 38.0 Å². The number of nitrogens with zero attached hydrogens (tertiary/aromatic N) is 6. The minimum atomic E-state index is -0.618. The fourth-order valence-electron chi connectivity index (χ4n) is 3.41. The summed E-state index contributed by atoms with van der Waals surface area (Å²) in [4.78, 5) is 13.1. The summed E-state index contributed by atoms with van der Waals surface area (Å²) < 4.78 is 7.81. The molecule has 1 N–H and O–H groups in total. The van der Waals surface area contributed by atoms with E-state index < -0.39 is 5.41 Å². The Hall–Kier alpha value is -4.43. The van der Waals surface area contributed by atoms with Crippen molar-refractivity contribution in [2.24, 2.45) is 5.41 Å². The van der Waals surface area contributed by atoms with E-state index in [0.717, 1.165) is 22.3 Å². The molecule has 34 heavy (non-hydrogen) atoms. The van der Waals surface area contributed by atoms with Crippen LogP contribution in [0.2, 0.25) is 0 Å². The lowest BCUT2D eigenvalue weighted by molar-refractivity contribution is 0.227. The number of pyridine rings is 2. The maximum Gasteiger partial charge on any atom is 0.154 e. The fourth-order valence-corrected chi connectivity index (χ4v) is 3.41. The molecule has 4 aromatic heterocycles. The first-order valence-corrected chi connectivity index (χ1v) is 10.8. The molecule has 0 saturated carbocycles. The molecule has 0 fully saturated rings. The normalized spacial score (nSPS) is 10.9. The second-order valence-electron chi connectivity index (χ2n) is 8.61. The van der Waals surface area contributed by atoms with Gasteiger partial charge in [0.15, 0.2) is 5.82 Å². The Balaban J connectivity index is 1.70. The van der Waals surface area contributed by atoms with Crippen LogP contribution in [0.3, 0.4) is 0 Å². The van der Waals surface area contributed by atoms with E-state index in [1.165, 1.54) is 0 Å². The number of rotatable bonds is 6. The monoisotopic (exact) mass is 451 g/mol. The molecule has 170 valence electrons. The number of hydrogen-bond acceptors (Lipinski definition) is 7. The quantitative estimate of drug-likeness (QED) is 0.418. The van der Waals surface area contributed by atoms with Gasteiger partial charge in [-0.05, 0) is 64.3 Å². The molecule has 0 bridgehead atoms. The number of aryl methyl sites for hydroxylation is 2. The Kier molecular flexibility index (Phi) is 6.16. The van der Waals surface area contributed by atoms with Crippen LogP contribution in [0.25, 0.3) is 16.6 Å². The highest BCUT2D eigenvalue weighted by atomic mass is 16.5. The first-order chi connectivity index (χ1) is 16.3. The molecule has 0 aromatic carbocycles. The molecule has 0 aliphatic rings. The first kappa shape index (κ1) is 22.8. The second-order valence-corrected chi connectivity index (χ2v) is 8.61. The van der Waals surface area contributed by atoms with Crippen molar-refractivity contribution in [3.05, 3.63) is 59.9 Å². The molecule has 0 atom stereocenters. The van der Waals surface area contributed by atoms with Crippen LogP contribution in [-0.4, -0.2) is 31.2 Å². The third kappa shape index (κ3) is 5.13. The molecule has 0 aliphatic carbocycles. The molecule has 0 saturated heterocycles. The van der Waals surface area contributed by atoms with Gasteiger partial charge < -0.3 is 10.1 Å². The number of anilines is 2. The van der Waals surface area contributed by atoms with Crippen molar-refractivity contribution >= 4 is 17.2 Å². The molecule has 0 radical (unpaired) electrons. The molecule has 4 heterocycles. The zero-order valence-electron chi connectivity index (χ0n) is 19.8. The van der Waals surface area contributed by atoms with E-state index in [2.05, 4.69) is 43.3 Å². The van der Waals surface area contributed by atoms with Gasteiger partial charge in [-0.1, -0.05) is 5.92 Å². The largest absolute Gasteiger partial charge is 0.490 e. The minimum Gasteiger partial charge on any atom is -0.490 e. The average molecular weight is 452 g/mol. The average Bonchev–Trinajstić information content (AvgIpc) is 3.19. The van der Waals surface area contributed by atoms with Crippen LogP contribution in [0.4, 0.5) is 11.6 Å². The van der Waals surface area contributed by atoms with Gasteiger partial charge in [0.1, 0.15) is 29.7 Å². The highest BCUT2D eigenvalue weighted by Gasteiger charge is 2.19. The Morgan fingerprint density at radius 1 is 1.12 bits per heavy atom.